The zero-order valence-electron chi connectivity index (χ0n) is 15.6. The number of aryl methyl sites for hydroxylation is 1. The largest absolute Gasteiger partial charge is 0.368 e. The number of nitrogens with one attached hydrogen (secondary N) is 1. The number of carbonyl (C=O) groups excluding carboxylic acids is 1. The molecule has 28 heavy (non-hydrogen) atoms. The average molecular weight is 398 g/mol. The van der Waals surface area contributed by atoms with Gasteiger partial charge in [-0.2, -0.15) is 0 Å². The molecule has 0 saturated carbocycles. The van der Waals surface area contributed by atoms with Crippen molar-refractivity contribution in [1.82, 2.24) is 9.88 Å². The van der Waals surface area contributed by atoms with Crippen LogP contribution in [0.5, 0.6) is 0 Å². The lowest BCUT2D eigenvalue weighted by Gasteiger charge is -2.36. The normalized spacial score (nSPS) is 15.2. The summed E-state index contributed by atoms with van der Waals surface area (Å²) in [5.74, 6) is 0.0272. The van der Waals surface area contributed by atoms with Gasteiger partial charge in [-0.1, -0.05) is 12.1 Å². The fourth-order valence-corrected chi connectivity index (χ4v) is 4.12. The zero-order chi connectivity index (χ0) is 19.9. The van der Waals surface area contributed by atoms with Gasteiger partial charge in [-0.05, 0) is 42.8 Å². The van der Waals surface area contributed by atoms with Crippen LogP contribution in [0.25, 0.3) is 10.9 Å². The third kappa shape index (κ3) is 3.48. The molecule has 0 radical (unpaired) electrons. The maximum atomic E-state index is 13.0. The summed E-state index contributed by atoms with van der Waals surface area (Å²) in [4.78, 5) is 20.2. The number of amides is 1. The van der Waals surface area contributed by atoms with E-state index >= 15 is 0 Å². The number of hydrogen-bond donors (Lipinski definition) is 2. The van der Waals surface area contributed by atoms with Gasteiger partial charge in [-0.25, -0.2) is 13.6 Å². The van der Waals surface area contributed by atoms with E-state index in [0.29, 0.717) is 31.7 Å². The number of fused-ring (bicyclic) bond motifs is 1. The minimum absolute atomic E-state index is 0.0272. The van der Waals surface area contributed by atoms with Gasteiger partial charge >= 0.3 is 0 Å². The van der Waals surface area contributed by atoms with Crippen molar-refractivity contribution in [3.63, 3.8) is 0 Å². The smallest absolute Gasteiger partial charge is 0.256 e. The predicted octanol–water partition coefficient (Wildman–Crippen LogP) is 2.09. The Hall–Kier alpha value is -2.84. The second-order valence-electron chi connectivity index (χ2n) is 7.07. The van der Waals surface area contributed by atoms with Crippen molar-refractivity contribution in [1.29, 1.82) is 0 Å². The summed E-state index contributed by atoms with van der Waals surface area (Å²) in [5.41, 5.74) is 3.73. The molecule has 2 aromatic carbocycles. The van der Waals surface area contributed by atoms with E-state index in [1.807, 2.05) is 30.0 Å². The summed E-state index contributed by atoms with van der Waals surface area (Å²) < 4.78 is 22.8. The summed E-state index contributed by atoms with van der Waals surface area (Å²) >= 11 is 0. The van der Waals surface area contributed by atoms with Crippen molar-refractivity contribution in [3.8, 4) is 0 Å². The van der Waals surface area contributed by atoms with Gasteiger partial charge in [-0.15, -0.1) is 0 Å². The van der Waals surface area contributed by atoms with E-state index < -0.39 is 10.0 Å². The second kappa shape index (κ2) is 6.96. The number of anilines is 1. The Bertz CT molecular complexity index is 1130. The highest BCUT2D eigenvalue weighted by atomic mass is 32.2. The number of aromatic amines is 1. The first kappa shape index (κ1) is 18.5. The molecule has 7 nitrogen and oxygen atoms in total. The summed E-state index contributed by atoms with van der Waals surface area (Å²) in [6.07, 6.45) is 1.78. The molecular weight excluding hydrogens is 376 g/mol. The van der Waals surface area contributed by atoms with Gasteiger partial charge in [0.05, 0.1) is 10.5 Å². The molecule has 0 bridgehead atoms. The van der Waals surface area contributed by atoms with Crippen molar-refractivity contribution < 1.29 is 13.2 Å². The lowest BCUT2D eigenvalue weighted by molar-refractivity contribution is 0.0749. The lowest BCUT2D eigenvalue weighted by Crippen LogP contribution is -2.48. The fraction of sp³-hybridized carbons (Fsp3) is 0.250. The number of benzene rings is 2. The maximum Gasteiger partial charge on any atom is 0.256 e. The third-order valence-corrected chi connectivity index (χ3v) is 6.09. The Morgan fingerprint density at radius 1 is 1.04 bits per heavy atom. The molecule has 1 fully saturated rings. The molecule has 8 heteroatoms. The van der Waals surface area contributed by atoms with E-state index in [1.54, 1.807) is 18.3 Å². The SMILES string of the molecule is Cc1ccc2c(C(=O)N3CCN(c4ccc(S(N)(=O)=O)cc4)CC3)c[nH]c2c1. The molecule has 1 saturated heterocycles. The van der Waals surface area contributed by atoms with Crippen molar-refractivity contribution in [2.24, 2.45) is 5.14 Å². The number of nitrogens with two attached hydrogens (primary N) is 1. The third-order valence-electron chi connectivity index (χ3n) is 5.16. The van der Waals surface area contributed by atoms with Gasteiger partial charge in [0, 0.05) is 49.0 Å². The first-order chi connectivity index (χ1) is 13.3. The number of H-pyrrole nitrogens is 1. The standard InChI is InChI=1S/C20H22N4O3S/c1-14-2-7-17-18(13-22-19(17)12-14)20(25)24-10-8-23(9-11-24)15-3-5-16(6-4-15)28(21,26)27/h2-7,12-13,22H,8-11H2,1H3,(H2,21,26,27). The number of hydrogen-bond acceptors (Lipinski definition) is 4. The summed E-state index contributed by atoms with van der Waals surface area (Å²) in [6.45, 7) is 4.60. The molecule has 1 aromatic heterocycles. The van der Waals surface area contributed by atoms with Crippen LogP contribution in [-0.4, -0.2) is 50.4 Å². The van der Waals surface area contributed by atoms with Crippen LogP contribution in [0.4, 0.5) is 5.69 Å². The van der Waals surface area contributed by atoms with Crippen molar-refractivity contribution >= 4 is 32.5 Å². The molecule has 3 N–H and O–H groups in total. The Morgan fingerprint density at radius 3 is 2.36 bits per heavy atom. The quantitative estimate of drug-likeness (QED) is 0.706. The van der Waals surface area contributed by atoms with Crippen LogP contribution < -0.4 is 10.0 Å². The van der Waals surface area contributed by atoms with E-state index in [2.05, 4.69) is 9.88 Å². The van der Waals surface area contributed by atoms with E-state index in [0.717, 1.165) is 22.2 Å². The monoisotopic (exact) mass is 398 g/mol. The number of piperazine rings is 1. The van der Waals surface area contributed by atoms with Crippen molar-refractivity contribution in [2.75, 3.05) is 31.1 Å². The van der Waals surface area contributed by atoms with Gasteiger partial charge in [0.15, 0.2) is 0 Å². The van der Waals surface area contributed by atoms with Crippen LogP contribution in [-0.2, 0) is 10.0 Å². The Labute approximate surface area is 163 Å². The molecule has 1 aliphatic rings. The zero-order valence-corrected chi connectivity index (χ0v) is 16.4. The number of primary sulfonamides is 1. The van der Waals surface area contributed by atoms with Gasteiger partial charge in [0.1, 0.15) is 0 Å². The number of carbonyl (C=O) groups is 1. The molecule has 146 valence electrons. The maximum absolute atomic E-state index is 13.0. The highest BCUT2D eigenvalue weighted by Crippen LogP contribution is 2.23. The van der Waals surface area contributed by atoms with Crippen LogP contribution in [0.3, 0.4) is 0 Å². The average Bonchev–Trinajstić information content (AvgIpc) is 3.10. The summed E-state index contributed by atoms with van der Waals surface area (Å²) in [7, 11) is -3.69. The first-order valence-corrected chi connectivity index (χ1v) is 10.6. The van der Waals surface area contributed by atoms with E-state index in [-0.39, 0.29) is 10.8 Å². The molecule has 0 atom stereocenters. The molecule has 0 spiro atoms. The predicted molar refractivity (Wildman–Crippen MR) is 109 cm³/mol. The Morgan fingerprint density at radius 2 is 1.71 bits per heavy atom. The summed E-state index contributed by atoms with van der Waals surface area (Å²) in [6, 6.07) is 12.5. The van der Waals surface area contributed by atoms with E-state index in [4.69, 9.17) is 5.14 Å². The first-order valence-electron chi connectivity index (χ1n) is 9.08. The molecule has 0 unspecified atom stereocenters. The van der Waals surface area contributed by atoms with Gasteiger partial charge < -0.3 is 14.8 Å². The number of nitrogens with zero attached hydrogens (tertiary/aromatic N) is 2. The van der Waals surface area contributed by atoms with Crippen molar-refractivity contribution in [2.45, 2.75) is 11.8 Å². The molecule has 4 rings (SSSR count). The molecular formula is C20H22N4O3S. The lowest BCUT2D eigenvalue weighted by atomic mass is 10.1. The fourth-order valence-electron chi connectivity index (χ4n) is 3.60. The summed E-state index contributed by atoms with van der Waals surface area (Å²) in [5, 5.41) is 6.08. The van der Waals surface area contributed by atoms with Gasteiger partial charge in [-0.3, -0.25) is 4.79 Å². The topological polar surface area (TPSA) is 99.5 Å². The molecule has 1 aliphatic heterocycles. The van der Waals surface area contributed by atoms with Gasteiger partial charge in [0.25, 0.3) is 5.91 Å². The van der Waals surface area contributed by atoms with Crippen LogP contribution in [0.15, 0.2) is 53.6 Å². The van der Waals surface area contributed by atoms with Crippen LogP contribution in [0.2, 0.25) is 0 Å². The molecule has 2 heterocycles. The molecule has 3 aromatic rings. The molecule has 0 aliphatic carbocycles. The highest BCUT2D eigenvalue weighted by molar-refractivity contribution is 7.89. The number of aromatic nitrogens is 1. The molecule has 1 amide bonds. The van der Waals surface area contributed by atoms with Gasteiger partial charge in [0.2, 0.25) is 10.0 Å². The minimum atomic E-state index is -3.69. The highest BCUT2D eigenvalue weighted by Gasteiger charge is 2.24. The number of rotatable bonds is 3. The number of sulfonamides is 1. The van der Waals surface area contributed by atoms with E-state index in [1.165, 1.54) is 12.1 Å². The Balaban J connectivity index is 1.45. The van der Waals surface area contributed by atoms with Crippen LogP contribution >= 0.6 is 0 Å². The van der Waals surface area contributed by atoms with E-state index in [9.17, 15) is 13.2 Å². The van der Waals surface area contributed by atoms with Crippen molar-refractivity contribution in [3.05, 3.63) is 59.8 Å². The van der Waals surface area contributed by atoms with Crippen LogP contribution in [0.1, 0.15) is 15.9 Å². The minimum Gasteiger partial charge on any atom is -0.368 e. The Kier molecular flexibility index (Phi) is 4.60. The second-order valence-corrected chi connectivity index (χ2v) is 8.63. The van der Waals surface area contributed by atoms with Crippen LogP contribution in [0, 0.1) is 6.92 Å².